The van der Waals surface area contributed by atoms with E-state index in [9.17, 15) is 19.5 Å². The van der Waals surface area contributed by atoms with E-state index in [-0.39, 0.29) is 30.6 Å². The summed E-state index contributed by atoms with van der Waals surface area (Å²) in [7, 11) is 0. The number of hydroxylamine groups is 2. The van der Waals surface area contributed by atoms with E-state index in [2.05, 4.69) is 0 Å². The number of hydrogen-bond acceptors (Lipinski definition) is 5. The van der Waals surface area contributed by atoms with Gasteiger partial charge >= 0.3 is 0 Å². The van der Waals surface area contributed by atoms with Crippen molar-refractivity contribution in [3.63, 3.8) is 0 Å². The van der Waals surface area contributed by atoms with Crippen LogP contribution in [0.5, 0.6) is 0 Å². The van der Waals surface area contributed by atoms with Gasteiger partial charge in [-0.15, -0.1) is 0 Å². The van der Waals surface area contributed by atoms with Crippen molar-refractivity contribution >= 4 is 17.7 Å². The molecule has 2 rings (SSSR count). The number of carbonyl (C=O) groups excluding carboxylic acids is 3. The number of hydrogen-bond donors (Lipinski definition) is 1. The zero-order valence-electron chi connectivity index (χ0n) is 14.3. The molecule has 2 aliphatic heterocycles. The maximum atomic E-state index is 12.5. The van der Waals surface area contributed by atoms with Crippen LogP contribution in [0.25, 0.3) is 0 Å². The smallest absolute Gasteiger partial charge is 0.257 e. The van der Waals surface area contributed by atoms with Crippen LogP contribution in [-0.4, -0.2) is 50.2 Å². The molecule has 0 spiro atoms. The highest BCUT2D eigenvalue weighted by atomic mass is 16.7. The second-order valence-electron chi connectivity index (χ2n) is 7.59. The van der Waals surface area contributed by atoms with Crippen LogP contribution in [0.4, 0.5) is 0 Å². The minimum atomic E-state index is -0.970. The van der Waals surface area contributed by atoms with Crippen molar-refractivity contribution in [2.75, 3.05) is 0 Å². The Labute approximate surface area is 135 Å². The van der Waals surface area contributed by atoms with Crippen LogP contribution < -0.4 is 0 Å². The molecule has 0 saturated carbocycles. The van der Waals surface area contributed by atoms with Gasteiger partial charge in [0.25, 0.3) is 11.8 Å². The first-order chi connectivity index (χ1) is 10.4. The number of imide groups is 1. The molecule has 0 aromatic carbocycles. The third kappa shape index (κ3) is 3.61. The molecule has 1 saturated heterocycles. The van der Waals surface area contributed by atoms with Gasteiger partial charge < -0.3 is 5.11 Å². The lowest BCUT2D eigenvalue weighted by Gasteiger charge is -2.33. The summed E-state index contributed by atoms with van der Waals surface area (Å²) in [6.07, 6.45) is 1.08. The van der Waals surface area contributed by atoms with E-state index in [1.807, 2.05) is 0 Å². The second kappa shape index (κ2) is 5.72. The van der Waals surface area contributed by atoms with Gasteiger partial charge in [0.15, 0.2) is 6.23 Å². The molecule has 1 fully saturated rings. The average molecular weight is 324 g/mol. The molecule has 0 radical (unpaired) electrons. The fraction of sp³-hybridized carbons (Fsp3) is 0.688. The Bertz CT molecular complexity index is 574. The van der Waals surface area contributed by atoms with Crippen LogP contribution in [-0.2, 0) is 19.2 Å². The van der Waals surface area contributed by atoms with Crippen molar-refractivity contribution in [2.45, 2.75) is 71.2 Å². The van der Waals surface area contributed by atoms with Crippen molar-refractivity contribution in [2.24, 2.45) is 0 Å². The Morgan fingerprint density at radius 3 is 2.26 bits per heavy atom. The molecule has 2 aliphatic rings. The summed E-state index contributed by atoms with van der Waals surface area (Å²) in [5.41, 5.74) is -1.16. The van der Waals surface area contributed by atoms with Crippen molar-refractivity contribution in [3.8, 4) is 0 Å². The van der Waals surface area contributed by atoms with E-state index in [0.29, 0.717) is 12.0 Å². The first-order valence-electron chi connectivity index (χ1n) is 7.71. The summed E-state index contributed by atoms with van der Waals surface area (Å²) in [5.74, 6) is -0.970. The summed E-state index contributed by atoms with van der Waals surface area (Å²) >= 11 is 0. The number of aliphatic hydroxyl groups is 1. The summed E-state index contributed by atoms with van der Waals surface area (Å²) in [4.78, 5) is 43.0. The average Bonchev–Trinajstić information content (AvgIpc) is 2.81. The van der Waals surface area contributed by atoms with Gasteiger partial charge in [0.2, 0.25) is 5.91 Å². The molecule has 23 heavy (non-hydrogen) atoms. The molecule has 1 atom stereocenters. The monoisotopic (exact) mass is 324 g/mol. The fourth-order valence-electron chi connectivity index (χ4n) is 2.80. The van der Waals surface area contributed by atoms with E-state index in [1.54, 1.807) is 34.6 Å². The van der Waals surface area contributed by atoms with Gasteiger partial charge in [0, 0.05) is 36.5 Å². The van der Waals surface area contributed by atoms with Gasteiger partial charge in [-0.1, -0.05) is 0 Å². The van der Waals surface area contributed by atoms with E-state index >= 15 is 0 Å². The predicted octanol–water partition coefficient (Wildman–Crippen LogP) is 1.12. The van der Waals surface area contributed by atoms with Gasteiger partial charge in [-0.2, -0.15) is 5.06 Å². The van der Waals surface area contributed by atoms with Gasteiger partial charge in [0.05, 0.1) is 5.60 Å². The topological polar surface area (TPSA) is 87.2 Å². The quantitative estimate of drug-likeness (QED) is 0.783. The highest BCUT2D eigenvalue weighted by molar-refractivity contribution is 6.16. The number of amides is 3. The molecule has 0 aromatic heterocycles. The molecule has 128 valence electrons. The molecule has 0 bridgehead atoms. The van der Waals surface area contributed by atoms with Crippen LogP contribution >= 0.6 is 0 Å². The first kappa shape index (κ1) is 17.6. The Morgan fingerprint density at radius 2 is 1.83 bits per heavy atom. The summed E-state index contributed by atoms with van der Waals surface area (Å²) in [6, 6.07) is 0. The van der Waals surface area contributed by atoms with Gasteiger partial charge in [-0.05, 0) is 34.6 Å². The minimum absolute atomic E-state index is 0.167. The lowest BCUT2D eigenvalue weighted by Crippen LogP contribution is -2.46. The minimum Gasteiger partial charge on any atom is -0.371 e. The maximum absolute atomic E-state index is 12.5. The van der Waals surface area contributed by atoms with Gasteiger partial charge in [-0.25, -0.2) is 0 Å². The zero-order chi connectivity index (χ0) is 17.6. The Balaban J connectivity index is 2.09. The van der Waals surface area contributed by atoms with Gasteiger partial charge in [-0.3, -0.25) is 24.1 Å². The summed E-state index contributed by atoms with van der Waals surface area (Å²) < 4.78 is 0. The molecule has 1 N–H and O–H groups in total. The van der Waals surface area contributed by atoms with E-state index in [4.69, 9.17) is 4.84 Å². The van der Waals surface area contributed by atoms with E-state index in [0.717, 1.165) is 5.06 Å². The fourth-order valence-corrected chi connectivity index (χ4v) is 2.80. The van der Waals surface area contributed by atoms with Crippen molar-refractivity contribution in [1.29, 1.82) is 0 Å². The van der Waals surface area contributed by atoms with E-state index in [1.165, 1.54) is 11.0 Å². The Kier molecular flexibility index (Phi) is 4.38. The normalized spacial score (nSPS) is 23.1. The second-order valence-corrected chi connectivity index (χ2v) is 7.59. The SMILES string of the molecule is CC(C)(CC1=CC(=O)N(C(C)(C)C)C1=O)ON1C(=O)CCC1O. The summed E-state index contributed by atoms with van der Waals surface area (Å²) in [6.45, 7) is 8.80. The molecule has 7 nitrogen and oxygen atoms in total. The molecule has 1 unspecified atom stereocenters. The van der Waals surface area contributed by atoms with Crippen molar-refractivity contribution in [1.82, 2.24) is 9.96 Å². The molecule has 7 heteroatoms. The first-order valence-corrected chi connectivity index (χ1v) is 7.71. The van der Waals surface area contributed by atoms with Crippen LogP contribution in [0.1, 0.15) is 53.9 Å². The standard InChI is InChI=1S/C16H24N2O5/c1-15(2,3)17-13(21)8-10(14(17)22)9-16(4,5)23-18-11(19)6-7-12(18)20/h8,11,19H,6-7,9H2,1-5H3. The Hall–Kier alpha value is -1.73. The molecule has 0 aliphatic carbocycles. The molecule has 0 aromatic rings. The predicted molar refractivity (Wildman–Crippen MR) is 81.6 cm³/mol. The Morgan fingerprint density at radius 1 is 1.22 bits per heavy atom. The number of carbonyl (C=O) groups is 3. The molecular weight excluding hydrogens is 300 g/mol. The van der Waals surface area contributed by atoms with Crippen LogP contribution in [0.2, 0.25) is 0 Å². The largest absolute Gasteiger partial charge is 0.371 e. The number of rotatable bonds is 4. The molecule has 2 heterocycles. The van der Waals surface area contributed by atoms with Crippen molar-refractivity contribution < 1.29 is 24.3 Å². The van der Waals surface area contributed by atoms with Gasteiger partial charge in [0.1, 0.15) is 0 Å². The van der Waals surface area contributed by atoms with E-state index < -0.39 is 17.4 Å². The molecule has 3 amide bonds. The van der Waals surface area contributed by atoms with Crippen LogP contribution in [0.15, 0.2) is 11.6 Å². The number of nitrogens with zero attached hydrogens (tertiary/aromatic N) is 2. The lowest BCUT2D eigenvalue weighted by molar-refractivity contribution is -0.265. The third-order valence-electron chi connectivity index (χ3n) is 3.76. The molecular formula is C16H24N2O5. The van der Waals surface area contributed by atoms with Crippen molar-refractivity contribution in [3.05, 3.63) is 11.6 Å². The maximum Gasteiger partial charge on any atom is 0.257 e. The number of aliphatic hydroxyl groups excluding tert-OH is 1. The van der Waals surface area contributed by atoms with Crippen LogP contribution in [0, 0.1) is 0 Å². The summed E-state index contributed by atoms with van der Waals surface area (Å²) in [5, 5.41) is 10.7. The highest BCUT2D eigenvalue weighted by Crippen LogP contribution is 2.31. The zero-order valence-corrected chi connectivity index (χ0v) is 14.3. The van der Waals surface area contributed by atoms with Crippen LogP contribution in [0.3, 0.4) is 0 Å². The third-order valence-corrected chi connectivity index (χ3v) is 3.76. The highest BCUT2D eigenvalue weighted by Gasteiger charge is 2.42. The lowest BCUT2D eigenvalue weighted by atomic mass is 9.98.